The Morgan fingerprint density at radius 3 is 2.56 bits per heavy atom. The van der Waals surface area contributed by atoms with Gasteiger partial charge in [-0.25, -0.2) is 0 Å². The van der Waals surface area contributed by atoms with Crippen LogP contribution in [0.1, 0.15) is 18.0 Å². The zero-order chi connectivity index (χ0) is 13.1. The van der Waals surface area contributed by atoms with Crippen molar-refractivity contribution in [2.45, 2.75) is 17.8 Å². The van der Waals surface area contributed by atoms with Gasteiger partial charge in [-0.15, -0.1) is 11.8 Å². The number of benzene rings is 1. The zero-order valence-electron chi connectivity index (χ0n) is 10.7. The van der Waals surface area contributed by atoms with Crippen molar-refractivity contribution in [1.82, 2.24) is 5.32 Å². The van der Waals surface area contributed by atoms with Crippen molar-refractivity contribution in [1.29, 1.82) is 0 Å². The second kappa shape index (κ2) is 5.63. The molecule has 98 valence electrons. The molecule has 1 fully saturated rings. The van der Waals surface area contributed by atoms with Crippen LogP contribution in [0.25, 0.3) is 0 Å². The number of carbonyl (C=O) groups is 1. The molecule has 1 aliphatic rings. The summed E-state index contributed by atoms with van der Waals surface area (Å²) in [7, 11) is 3.22. The highest BCUT2D eigenvalue weighted by atomic mass is 32.2. The third-order valence-electron chi connectivity index (χ3n) is 3.10. The number of rotatable bonds is 4. The molecule has 5 heteroatoms. The summed E-state index contributed by atoms with van der Waals surface area (Å²) >= 11 is 1.54. The van der Waals surface area contributed by atoms with Gasteiger partial charge in [0.25, 0.3) is 0 Å². The number of hydrogen-bond acceptors (Lipinski definition) is 5. The normalized spacial score (nSPS) is 23.2. The van der Waals surface area contributed by atoms with Crippen LogP contribution in [-0.2, 0) is 4.79 Å². The summed E-state index contributed by atoms with van der Waals surface area (Å²) in [6.07, 6.45) is 2.47. The van der Waals surface area contributed by atoms with Gasteiger partial charge in [-0.2, -0.15) is 0 Å². The van der Waals surface area contributed by atoms with Crippen LogP contribution in [0.5, 0.6) is 11.5 Å². The van der Waals surface area contributed by atoms with Crippen molar-refractivity contribution in [3.63, 3.8) is 0 Å². The Kier molecular flexibility index (Phi) is 4.14. The molecule has 0 radical (unpaired) electrons. The summed E-state index contributed by atoms with van der Waals surface area (Å²) < 4.78 is 10.5. The summed E-state index contributed by atoms with van der Waals surface area (Å²) in [5.41, 5.74) is 1.05. The summed E-state index contributed by atoms with van der Waals surface area (Å²) in [6.45, 7) is 0. The Balaban J connectivity index is 2.22. The van der Waals surface area contributed by atoms with Gasteiger partial charge in [0.2, 0.25) is 0 Å². The molecular formula is C13H17NO3S. The van der Waals surface area contributed by atoms with Gasteiger partial charge in [-0.1, -0.05) is 6.07 Å². The molecule has 1 heterocycles. The Morgan fingerprint density at radius 1 is 1.28 bits per heavy atom. The van der Waals surface area contributed by atoms with E-state index in [4.69, 9.17) is 9.47 Å². The van der Waals surface area contributed by atoms with Gasteiger partial charge in [0, 0.05) is 12.5 Å². The molecule has 0 saturated carbocycles. The van der Waals surface area contributed by atoms with Crippen LogP contribution in [0, 0.1) is 0 Å². The molecule has 0 spiro atoms. The van der Waals surface area contributed by atoms with Crippen LogP contribution in [-0.4, -0.2) is 31.6 Å². The van der Waals surface area contributed by atoms with Gasteiger partial charge in [0.1, 0.15) is 5.37 Å². The molecule has 1 aromatic rings. The molecule has 0 bridgehead atoms. The molecule has 0 amide bonds. The van der Waals surface area contributed by atoms with Gasteiger partial charge >= 0.3 is 0 Å². The molecule has 1 aromatic carbocycles. The molecule has 0 aromatic heterocycles. The fraction of sp³-hybridized carbons (Fsp3) is 0.462. The minimum Gasteiger partial charge on any atom is -0.493 e. The maximum Gasteiger partial charge on any atom is 0.161 e. The predicted molar refractivity (Wildman–Crippen MR) is 72.3 cm³/mol. The third-order valence-corrected chi connectivity index (χ3v) is 3.97. The summed E-state index contributed by atoms with van der Waals surface area (Å²) in [4.78, 5) is 11.7. The van der Waals surface area contributed by atoms with Crippen LogP contribution in [0.15, 0.2) is 18.2 Å². The van der Waals surface area contributed by atoms with Gasteiger partial charge in [0.05, 0.1) is 14.2 Å². The van der Waals surface area contributed by atoms with Gasteiger partial charge in [0.15, 0.2) is 17.3 Å². The van der Waals surface area contributed by atoms with E-state index in [1.54, 1.807) is 14.2 Å². The van der Waals surface area contributed by atoms with Gasteiger partial charge in [-0.05, 0) is 24.0 Å². The van der Waals surface area contributed by atoms with Crippen LogP contribution in [0.2, 0.25) is 0 Å². The second-order valence-corrected chi connectivity index (χ2v) is 5.06. The highest BCUT2D eigenvalue weighted by Crippen LogP contribution is 2.34. The molecule has 2 atom stereocenters. The summed E-state index contributed by atoms with van der Waals surface area (Å²) in [5, 5.41) is 3.22. The smallest absolute Gasteiger partial charge is 0.161 e. The van der Waals surface area contributed by atoms with E-state index in [1.165, 1.54) is 11.8 Å². The topological polar surface area (TPSA) is 47.6 Å². The van der Waals surface area contributed by atoms with Gasteiger partial charge < -0.3 is 9.47 Å². The lowest BCUT2D eigenvalue weighted by Crippen LogP contribution is -2.24. The number of carbonyl (C=O) groups excluding carboxylic acids is 1. The van der Waals surface area contributed by atoms with Crippen LogP contribution in [0.3, 0.4) is 0 Å². The molecule has 4 nitrogen and oxygen atoms in total. The molecular weight excluding hydrogens is 250 g/mol. The van der Waals surface area contributed by atoms with Crippen molar-refractivity contribution < 1.29 is 14.3 Å². The number of Topliss-reactive ketones (excluding diaryl/α,β-unsaturated/α-hetero) is 1. The van der Waals surface area contributed by atoms with E-state index in [0.717, 1.165) is 5.56 Å². The summed E-state index contributed by atoms with van der Waals surface area (Å²) in [6, 6.07) is 5.82. The Labute approximate surface area is 111 Å². The average Bonchev–Trinajstić information content (AvgIpc) is 2.79. The quantitative estimate of drug-likeness (QED) is 0.904. The summed E-state index contributed by atoms with van der Waals surface area (Å²) in [5.74, 6) is 1.64. The SMILES string of the molecule is COc1ccc(C2CC(=O)C(SC)N2)cc1OC. The van der Waals surface area contributed by atoms with E-state index in [1.807, 2.05) is 24.5 Å². The zero-order valence-corrected chi connectivity index (χ0v) is 11.5. The first kappa shape index (κ1) is 13.2. The predicted octanol–water partition coefficient (Wildman–Crippen LogP) is 2.00. The number of nitrogens with one attached hydrogen (secondary N) is 1. The minimum atomic E-state index is -0.0944. The monoisotopic (exact) mass is 267 g/mol. The molecule has 2 unspecified atom stereocenters. The standard InChI is InChI=1S/C13H17NO3S/c1-16-11-5-4-8(6-12(11)17-2)9-7-10(15)13(14-9)18-3/h4-6,9,13-14H,7H2,1-3H3. The van der Waals surface area contributed by atoms with E-state index < -0.39 is 0 Å². The highest BCUT2D eigenvalue weighted by Gasteiger charge is 2.32. The Hall–Kier alpha value is -1.20. The first-order valence-corrected chi connectivity index (χ1v) is 7.02. The van der Waals surface area contributed by atoms with Crippen molar-refractivity contribution in [2.75, 3.05) is 20.5 Å². The molecule has 1 N–H and O–H groups in total. The maximum atomic E-state index is 11.7. The number of methoxy groups -OCH3 is 2. The van der Waals surface area contributed by atoms with Crippen LogP contribution >= 0.6 is 11.8 Å². The first-order chi connectivity index (χ1) is 8.69. The number of ketones is 1. The molecule has 0 aliphatic carbocycles. The van der Waals surface area contributed by atoms with E-state index in [9.17, 15) is 4.79 Å². The molecule has 2 rings (SSSR count). The van der Waals surface area contributed by atoms with Crippen molar-refractivity contribution in [3.8, 4) is 11.5 Å². The molecule has 1 saturated heterocycles. The van der Waals surface area contributed by atoms with E-state index in [-0.39, 0.29) is 17.2 Å². The highest BCUT2D eigenvalue weighted by molar-refractivity contribution is 7.99. The molecule has 1 aliphatic heterocycles. The fourth-order valence-electron chi connectivity index (χ4n) is 2.13. The second-order valence-electron chi connectivity index (χ2n) is 4.12. The van der Waals surface area contributed by atoms with E-state index in [0.29, 0.717) is 17.9 Å². The lowest BCUT2D eigenvalue weighted by Gasteiger charge is -2.14. The largest absolute Gasteiger partial charge is 0.493 e. The van der Waals surface area contributed by atoms with Crippen molar-refractivity contribution in [3.05, 3.63) is 23.8 Å². The Bertz CT molecular complexity index is 450. The van der Waals surface area contributed by atoms with Crippen LogP contribution in [0.4, 0.5) is 0 Å². The first-order valence-electron chi connectivity index (χ1n) is 5.73. The number of hydrogen-bond donors (Lipinski definition) is 1. The minimum absolute atomic E-state index is 0.0646. The molecule has 18 heavy (non-hydrogen) atoms. The third kappa shape index (κ3) is 2.47. The average molecular weight is 267 g/mol. The van der Waals surface area contributed by atoms with Crippen LogP contribution < -0.4 is 14.8 Å². The van der Waals surface area contributed by atoms with E-state index >= 15 is 0 Å². The number of thioether (sulfide) groups is 1. The lowest BCUT2D eigenvalue weighted by atomic mass is 10.0. The van der Waals surface area contributed by atoms with Crippen molar-refractivity contribution in [2.24, 2.45) is 0 Å². The maximum absolute atomic E-state index is 11.7. The lowest BCUT2D eigenvalue weighted by molar-refractivity contribution is -0.117. The Morgan fingerprint density at radius 2 is 2.00 bits per heavy atom. The number of ether oxygens (including phenoxy) is 2. The van der Waals surface area contributed by atoms with Crippen molar-refractivity contribution >= 4 is 17.5 Å². The van der Waals surface area contributed by atoms with E-state index in [2.05, 4.69) is 5.32 Å². The van der Waals surface area contributed by atoms with Gasteiger partial charge in [-0.3, -0.25) is 10.1 Å². The fourth-order valence-corrected chi connectivity index (χ4v) is 2.79.